The topological polar surface area (TPSA) is 58.9 Å². The molecule has 1 N–H and O–H groups in total. The molecule has 0 radical (unpaired) electrons. The summed E-state index contributed by atoms with van der Waals surface area (Å²) in [6.45, 7) is 2.01. The second-order valence-electron chi connectivity index (χ2n) is 3.42. The van der Waals surface area contributed by atoms with Gasteiger partial charge in [0, 0.05) is 22.7 Å². The molecule has 2 aromatic rings. The van der Waals surface area contributed by atoms with Crippen LogP contribution in [-0.2, 0) is 0 Å². The number of nitro groups is 1. The van der Waals surface area contributed by atoms with E-state index in [0.717, 1.165) is 22.8 Å². The van der Waals surface area contributed by atoms with Crippen LogP contribution in [0.15, 0.2) is 30.5 Å². The Morgan fingerprint density at radius 1 is 1.40 bits per heavy atom. The third-order valence-electron chi connectivity index (χ3n) is 2.17. The molecule has 15 heavy (non-hydrogen) atoms. The molecular weight excluding hydrogens is 192 g/mol. The van der Waals surface area contributed by atoms with Gasteiger partial charge in [-0.25, -0.2) is 0 Å². The van der Waals surface area contributed by atoms with E-state index in [4.69, 9.17) is 0 Å². The monoisotopic (exact) mass is 202 g/mol. The number of H-pyrrole nitrogens is 1. The van der Waals surface area contributed by atoms with Gasteiger partial charge in [-0.2, -0.15) is 0 Å². The van der Waals surface area contributed by atoms with Crippen molar-refractivity contribution in [1.82, 2.24) is 4.98 Å². The smallest absolute Gasteiger partial charge is 0.236 e. The molecular formula is C11H10N2O2. The predicted molar refractivity (Wildman–Crippen MR) is 59.1 cm³/mol. The van der Waals surface area contributed by atoms with Gasteiger partial charge in [-0.1, -0.05) is 11.6 Å². The van der Waals surface area contributed by atoms with Crippen LogP contribution in [0.1, 0.15) is 11.3 Å². The lowest BCUT2D eigenvalue weighted by atomic mass is 10.2. The molecule has 0 unspecified atom stereocenters. The third-order valence-corrected chi connectivity index (χ3v) is 2.17. The summed E-state index contributed by atoms with van der Waals surface area (Å²) >= 11 is 0. The largest absolute Gasteiger partial charge is 0.355 e. The zero-order valence-electron chi connectivity index (χ0n) is 8.23. The highest BCUT2D eigenvalue weighted by Gasteiger charge is 1.99. The molecule has 0 aliphatic heterocycles. The molecule has 0 bridgehead atoms. The first-order chi connectivity index (χ1) is 7.15. The highest BCUT2D eigenvalue weighted by molar-refractivity contribution is 5.83. The summed E-state index contributed by atoms with van der Waals surface area (Å²) in [5, 5.41) is 11.2. The molecule has 0 atom stereocenters. The number of hydrogen-bond donors (Lipinski definition) is 1. The van der Waals surface area contributed by atoms with E-state index >= 15 is 0 Å². The maximum absolute atomic E-state index is 10.1. The minimum Gasteiger partial charge on any atom is -0.355 e. The van der Waals surface area contributed by atoms with Crippen molar-refractivity contribution in [3.8, 4) is 0 Å². The molecule has 0 saturated heterocycles. The van der Waals surface area contributed by atoms with Crippen LogP contribution in [0.3, 0.4) is 0 Å². The number of nitrogens with one attached hydrogen (secondary N) is 1. The molecule has 2 rings (SSSR count). The summed E-state index contributed by atoms with van der Waals surface area (Å²) in [5.74, 6) is 0. The lowest BCUT2D eigenvalue weighted by molar-refractivity contribution is -0.400. The molecule has 1 aromatic carbocycles. The molecule has 1 aromatic heterocycles. The number of fused-ring (bicyclic) bond motifs is 1. The maximum atomic E-state index is 10.1. The average molecular weight is 202 g/mol. The first-order valence-electron chi connectivity index (χ1n) is 4.56. The molecule has 0 aliphatic carbocycles. The maximum Gasteiger partial charge on any atom is 0.236 e. The fraction of sp³-hybridized carbons (Fsp3) is 0.0909. The number of aromatic nitrogens is 1. The average Bonchev–Trinajstić information content (AvgIpc) is 2.56. The minimum atomic E-state index is -0.475. The van der Waals surface area contributed by atoms with Gasteiger partial charge >= 0.3 is 0 Å². The Kier molecular flexibility index (Phi) is 2.25. The zero-order valence-corrected chi connectivity index (χ0v) is 8.23. The quantitative estimate of drug-likeness (QED) is 0.601. The molecule has 0 aliphatic rings. The highest BCUT2D eigenvalue weighted by Crippen LogP contribution is 2.17. The molecule has 4 nitrogen and oxygen atoms in total. The number of aromatic amines is 1. The molecule has 4 heteroatoms. The molecule has 1 heterocycles. The van der Waals surface area contributed by atoms with Crippen LogP contribution in [0.5, 0.6) is 0 Å². The first kappa shape index (κ1) is 9.45. The van der Waals surface area contributed by atoms with Crippen molar-refractivity contribution in [3.05, 3.63) is 51.8 Å². The lowest BCUT2D eigenvalue weighted by Crippen LogP contribution is -1.81. The van der Waals surface area contributed by atoms with Gasteiger partial charge in [-0.05, 0) is 25.1 Å². The molecule has 0 amide bonds. The van der Waals surface area contributed by atoms with E-state index in [9.17, 15) is 10.1 Å². The van der Waals surface area contributed by atoms with Gasteiger partial charge in [-0.3, -0.25) is 10.1 Å². The number of nitrogens with zero attached hydrogens (tertiary/aromatic N) is 1. The van der Waals surface area contributed by atoms with Crippen molar-refractivity contribution in [1.29, 1.82) is 0 Å². The fourth-order valence-corrected chi connectivity index (χ4v) is 1.51. The summed E-state index contributed by atoms with van der Waals surface area (Å²) < 4.78 is 0. The van der Waals surface area contributed by atoms with Crippen LogP contribution in [0, 0.1) is 17.0 Å². The van der Waals surface area contributed by atoms with Crippen LogP contribution in [-0.4, -0.2) is 9.91 Å². The van der Waals surface area contributed by atoms with Crippen molar-refractivity contribution in [2.45, 2.75) is 6.92 Å². The SMILES string of the molecule is Cc1ccc2[nH]c(/C=C/[N+](=O)[O-])cc2c1. The van der Waals surface area contributed by atoms with Gasteiger partial charge in [0.25, 0.3) is 0 Å². The number of benzene rings is 1. The Hall–Kier alpha value is -2.10. The van der Waals surface area contributed by atoms with Crippen LogP contribution in [0.2, 0.25) is 0 Å². The molecule has 0 saturated carbocycles. The summed E-state index contributed by atoms with van der Waals surface area (Å²) in [4.78, 5) is 12.8. The zero-order chi connectivity index (χ0) is 10.8. The van der Waals surface area contributed by atoms with E-state index in [-0.39, 0.29) is 0 Å². The van der Waals surface area contributed by atoms with E-state index in [2.05, 4.69) is 4.98 Å². The van der Waals surface area contributed by atoms with Crippen molar-refractivity contribution >= 4 is 17.0 Å². The molecule has 0 fully saturated rings. The Bertz CT molecular complexity index is 541. The van der Waals surface area contributed by atoms with Crippen molar-refractivity contribution in [3.63, 3.8) is 0 Å². The van der Waals surface area contributed by atoms with E-state index in [0.29, 0.717) is 0 Å². The van der Waals surface area contributed by atoms with Gasteiger partial charge in [0.15, 0.2) is 0 Å². The number of aryl methyl sites for hydroxylation is 1. The molecule has 76 valence electrons. The number of hydrogen-bond acceptors (Lipinski definition) is 2. The van der Waals surface area contributed by atoms with Crippen molar-refractivity contribution < 1.29 is 4.92 Å². The second kappa shape index (κ2) is 3.57. The summed E-state index contributed by atoms with van der Waals surface area (Å²) in [7, 11) is 0. The van der Waals surface area contributed by atoms with Crippen molar-refractivity contribution in [2.24, 2.45) is 0 Å². The van der Waals surface area contributed by atoms with Crippen molar-refractivity contribution in [2.75, 3.05) is 0 Å². The van der Waals surface area contributed by atoms with Crippen LogP contribution >= 0.6 is 0 Å². The lowest BCUT2D eigenvalue weighted by Gasteiger charge is -1.90. The Balaban J connectivity index is 2.43. The standard InChI is InChI=1S/C11H10N2O2/c1-8-2-3-11-9(6-8)7-10(12-11)4-5-13(14)15/h2-7,12H,1H3/b5-4+. The second-order valence-corrected chi connectivity index (χ2v) is 3.42. The van der Waals surface area contributed by atoms with Gasteiger partial charge in [0.1, 0.15) is 0 Å². The fourth-order valence-electron chi connectivity index (χ4n) is 1.51. The molecule has 0 spiro atoms. The Morgan fingerprint density at radius 2 is 2.20 bits per heavy atom. The summed E-state index contributed by atoms with van der Waals surface area (Å²) in [6.07, 6.45) is 2.38. The van der Waals surface area contributed by atoms with Crippen LogP contribution in [0.4, 0.5) is 0 Å². The van der Waals surface area contributed by atoms with Gasteiger partial charge in [-0.15, -0.1) is 0 Å². The predicted octanol–water partition coefficient (Wildman–Crippen LogP) is 2.72. The van der Waals surface area contributed by atoms with Gasteiger partial charge < -0.3 is 4.98 Å². The van der Waals surface area contributed by atoms with E-state index < -0.39 is 4.92 Å². The normalized spacial score (nSPS) is 11.3. The number of rotatable bonds is 2. The van der Waals surface area contributed by atoms with E-state index in [1.54, 1.807) is 0 Å². The Morgan fingerprint density at radius 3 is 2.93 bits per heavy atom. The van der Waals surface area contributed by atoms with Crippen LogP contribution < -0.4 is 0 Å². The summed E-state index contributed by atoms with van der Waals surface area (Å²) in [6, 6.07) is 7.89. The Labute approximate surface area is 86.4 Å². The van der Waals surface area contributed by atoms with E-state index in [1.807, 2.05) is 31.2 Å². The van der Waals surface area contributed by atoms with Gasteiger partial charge in [0.2, 0.25) is 6.20 Å². The third kappa shape index (κ3) is 2.04. The minimum absolute atomic E-state index is 0.475. The summed E-state index contributed by atoms with van der Waals surface area (Å²) in [5.41, 5.74) is 2.90. The first-order valence-corrected chi connectivity index (χ1v) is 4.56. The van der Waals surface area contributed by atoms with Gasteiger partial charge in [0.05, 0.1) is 4.92 Å². The van der Waals surface area contributed by atoms with E-state index in [1.165, 1.54) is 11.6 Å². The highest BCUT2D eigenvalue weighted by atomic mass is 16.6. The van der Waals surface area contributed by atoms with Crippen LogP contribution in [0.25, 0.3) is 17.0 Å².